The van der Waals surface area contributed by atoms with Gasteiger partial charge in [-0.2, -0.15) is 0 Å². The second-order valence-corrected chi connectivity index (χ2v) is 13.4. The van der Waals surface area contributed by atoms with Crippen molar-refractivity contribution in [3.05, 3.63) is 200 Å². The molecule has 0 aliphatic heterocycles. The Morgan fingerprint density at radius 2 is 0.808 bits per heavy atom. The van der Waals surface area contributed by atoms with Crippen LogP contribution in [0.2, 0.25) is 0 Å². The number of benzene rings is 8. The molecule has 0 atom stereocenters. The monoisotopic (exact) mass is 665 g/mol. The molecule has 52 heavy (non-hydrogen) atoms. The second-order valence-electron chi connectivity index (χ2n) is 13.4. The Morgan fingerprint density at radius 3 is 1.46 bits per heavy atom. The van der Waals surface area contributed by atoms with Crippen LogP contribution in [0.25, 0.3) is 66.1 Å². The van der Waals surface area contributed by atoms with Crippen molar-refractivity contribution in [1.29, 1.82) is 0 Å². The third-order valence-electron chi connectivity index (χ3n) is 10.4. The van der Waals surface area contributed by atoms with Gasteiger partial charge in [-0.1, -0.05) is 115 Å². The predicted molar refractivity (Wildman–Crippen MR) is 220 cm³/mol. The zero-order valence-corrected chi connectivity index (χ0v) is 28.8. The van der Waals surface area contributed by atoms with Gasteiger partial charge in [0.2, 0.25) is 0 Å². The maximum atomic E-state index is 2.42. The Hall–Kier alpha value is -6.84. The molecule has 0 unspecified atom stereocenters. The molecule has 0 aliphatic rings. The van der Waals surface area contributed by atoms with Gasteiger partial charge in [0.05, 0.1) is 27.8 Å². The second kappa shape index (κ2) is 12.2. The first-order valence-corrected chi connectivity index (χ1v) is 17.9. The van der Waals surface area contributed by atoms with Crippen molar-refractivity contribution >= 4 is 60.7 Å². The molecule has 0 aliphatic carbocycles. The van der Waals surface area contributed by atoms with Crippen LogP contribution in [0, 0.1) is 6.92 Å². The molecule has 0 saturated heterocycles. The number of hydrogen-bond donors (Lipinski definition) is 0. The fraction of sp³-hybridized carbons (Fsp3) is 0.0204. The van der Waals surface area contributed by atoms with Gasteiger partial charge < -0.3 is 14.0 Å². The third-order valence-corrected chi connectivity index (χ3v) is 10.4. The average Bonchev–Trinajstić information content (AvgIpc) is 3.74. The molecule has 0 fully saturated rings. The van der Waals surface area contributed by atoms with Crippen molar-refractivity contribution in [3.63, 3.8) is 0 Å². The lowest BCUT2D eigenvalue weighted by atomic mass is 10.0. The standard InChI is InChI=1S/C49H35N3/c1-34-14-12-23-45-48(34)41-19-8-10-21-43(41)52(45)40-32-30-39(31-33-40)50(38-28-26-36(27-29-38)35-15-4-2-5-16-35)46-24-13-25-47-49(46)42-20-9-11-22-44(42)51(47)37-17-6-3-7-18-37/h2-33H,1H3. The minimum Gasteiger partial charge on any atom is -0.310 e. The van der Waals surface area contributed by atoms with Gasteiger partial charge in [0.1, 0.15) is 0 Å². The summed E-state index contributed by atoms with van der Waals surface area (Å²) in [5.41, 5.74) is 14.1. The van der Waals surface area contributed by atoms with E-state index in [9.17, 15) is 0 Å². The highest BCUT2D eigenvalue weighted by Crippen LogP contribution is 2.44. The summed E-state index contributed by atoms with van der Waals surface area (Å²) in [6.45, 7) is 2.21. The fourth-order valence-corrected chi connectivity index (χ4v) is 8.13. The molecule has 0 amide bonds. The topological polar surface area (TPSA) is 13.1 Å². The van der Waals surface area contributed by atoms with E-state index in [1.807, 2.05) is 0 Å². The highest BCUT2D eigenvalue weighted by molar-refractivity contribution is 6.16. The number of aryl methyl sites for hydroxylation is 1. The molecule has 246 valence electrons. The predicted octanol–water partition coefficient (Wildman–Crippen LogP) is 13.3. The number of hydrogen-bond acceptors (Lipinski definition) is 1. The highest BCUT2D eigenvalue weighted by atomic mass is 15.1. The van der Waals surface area contributed by atoms with Gasteiger partial charge in [0.25, 0.3) is 0 Å². The first-order valence-electron chi connectivity index (χ1n) is 17.9. The lowest BCUT2D eigenvalue weighted by Gasteiger charge is -2.27. The van der Waals surface area contributed by atoms with Crippen molar-refractivity contribution in [3.8, 4) is 22.5 Å². The molecule has 0 saturated carbocycles. The molecule has 0 bridgehead atoms. The normalized spacial score (nSPS) is 11.6. The molecule has 0 N–H and O–H groups in total. The number of rotatable bonds is 6. The molecule has 2 aromatic heterocycles. The van der Waals surface area contributed by atoms with E-state index in [0.717, 1.165) is 28.4 Å². The summed E-state index contributed by atoms with van der Waals surface area (Å²) in [6, 6.07) is 70.1. The number of anilines is 3. The molecule has 10 rings (SSSR count). The Balaban J connectivity index is 1.19. The van der Waals surface area contributed by atoms with E-state index in [1.165, 1.54) is 60.3 Å². The van der Waals surface area contributed by atoms with Crippen molar-refractivity contribution < 1.29 is 0 Å². The van der Waals surface area contributed by atoms with Crippen molar-refractivity contribution in [2.75, 3.05) is 4.90 Å². The van der Waals surface area contributed by atoms with Crippen molar-refractivity contribution in [2.24, 2.45) is 0 Å². The van der Waals surface area contributed by atoms with E-state index >= 15 is 0 Å². The van der Waals surface area contributed by atoms with E-state index in [1.54, 1.807) is 0 Å². The summed E-state index contributed by atoms with van der Waals surface area (Å²) >= 11 is 0. The summed E-state index contributed by atoms with van der Waals surface area (Å²) < 4.78 is 4.78. The molecule has 8 aromatic carbocycles. The van der Waals surface area contributed by atoms with Gasteiger partial charge in [-0.3, -0.25) is 0 Å². The van der Waals surface area contributed by atoms with Crippen molar-refractivity contribution in [1.82, 2.24) is 9.13 Å². The maximum absolute atomic E-state index is 2.42. The van der Waals surface area contributed by atoms with E-state index in [4.69, 9.17) is 0 Å². The minimum absolute atomic E-state index is 1.09. The van der Waals surface area contributed by atoms with Crippen molar-refractivity contribution in [2.45, 2.75) is 6.92 Å². The number of aromatic nitrogens is 2. The van der Waals surface area contributed by atoms with Crippen LogP contribution in [-0.4, -0.2) is 9.13 Å². The summed E-state index contributed by atoms with van der Waals surface area (Å²) in [5, 5.41) is 5.03. The minimum atomic E-state index is 1.09. The van der Waals surface area contributed by atoms with Crippen LogP contribution in [0.3, 0.4) is 0 Å². The molecule has 2 heterocycles. The Bertz CT molecular complexity index is 2880. The highest BCUT2D eigenvalue weighted by Gasteiger charge is 2.21. The number of fused-ring (bicyclic) bond motifs is 6. The first kappa shape index (κ1) is 30.0. The van der Waals surface area contributed by atoms with Crippen LogP contribution in [0.4, 0.5) is 17.1 Å². The largest absolute Gasteiger partial charge is 0.310 e. The van der Waals surface area contributed by atoms with Gasteiger partial charge in [0, 0.05) is 44.3 Å². The smallest absolute Gasteiger partial charge is 0.0562 e. The van der Waals surface area contributed by atoms with Crippen LogP contribution in [0.15, 0.2) is 194 Å². The van der Waals surface area contributed by atoms with E-state index in [2.05, 4.69) is 215 Å². The van der Waals surface area contributed by atoms with Gasteiger partial charge in [0.15, 0.2) is 0 Å². The lowest BCUT2D eigenvalue weighted by molar-refractivity contribution is 1.17. The molecule has 0 radical (unpaired) electrons. The molecular weight excluding hydrogens is 631 g/mol. The van der Waals surface area contributed by atoms with Crippen LogP contribution >= 0.6 is 0 Å². The SMILES string of the molecule is Cc1cccc2c1c1ccccc1n2-c1ccc(N(c2ccc(-c3ccccc3)cc2)c2cccc3c2c2ccccc2n3-c2ccccc2)cc1. The Labute approximate surface area is 302 Å². The van der Waals surface area contributed by atoms with Crippen LogP contribution < -0.4 is 4.90 Å². The third kappa shape index (κ3) is 4.74. The zero-order valence-electron chi connectivity index (χ0n) is 28.8. The quantitative estimate of drug-likeness (QED) is 0.172. The van der Waals surface area contributed by atoms with Gasteiger partial charge in [-0.15, -0.1) is 0 Å². The zero-order chi connectivity index (χ0) is 34.6. The van der Waals surface area contributed by atoms with Gasteiger partial charge >= 0.3 is 0 Å². The molecule has 0 spiro atoms. The number of nitrogens with zero attached hydrogens (tertiary/aromatic N) is 3. The Kier molecular flexibility index (Phi) is 7.04. The van der Waals surface area contributed by atoms with E-state index < -0.39 is 0 Å². The van der Waals surface area contributed by atoms with E-state index in [-0.39, 0.29) is 0 Å². The Morgan fingerprint density at radius 1 is 0.346 bits per heavy atom. The summed E-state index contributed by atoms with van der Waals surface area (Å²) in [6.07, 6.45) is 0. The average molecular weight is 666 g/mol. The lowest BCUT2D eigenvalue weighted by Crippen LogP contribution is -2.10. The number of para-hydroxylation sites is 3. The molecule has 10 aromatic rings. The van der Waals surface area contributed by atoms with E-state index in [0.29, 0.717) is 0 Å². The molecular formula is C49H35N3. The molecule has 3 nitrogen and oxygen atoms in total. The van der Waals surface area contributed by atoms with Crippen LogP contribution in [0.5, 0.6) is 0 Å². The van der Waals surface area contributed by atoms with Gasteiger partial charge in [-0.25, -0.2) is 0 Å². The van der Waals surface area contributed by atoms with Gasteiger partial charge in [-0.05, 0) is 102 Å². The summed E-state index contributed by atoms with van der Waals surface area (Å²) in [7, 11) is 0. The van der Waals surface area contributed by atoms with Crippen LogP contribution in [0.1, 0.15) is 5.56 Å². The molecule has 3 heteroatoms. The maximum Gasteiger partial charge on any atom is 0.0562 e. The fourth-order valence-electron chi connectivity index (χ4n) is 8.13. The van der Waals surface area contributed by atoms with Crippen LogP contribution in [-0.2, 0) is 0 Å². The first-order chi connectivity index (χ1) is 25.7. The summed E-state index contributed by atoms with van der Waals surface area (Å²) in [5.74, 6) is 0. The summed E-state index contributed by atoms with van der Waals surface area (Å²) in [4.78, 5) is 2.42.